The van der Waals surface area contributed by atoms with Gasteiger partial charge in [0.05, 0.1) is 12.8 Å². The zero-order chi connectivity index (χ0) is 35.7. The van der Waals surface area contributed by atoms with E-state index in [9.17, 15) is 28.8 Å². The first-order chi connectivity index (χ1) is 22.6. The van der Waals surface area contributed by atoms with Crippen molar-refractivity contribution in [3.63, 3.8) is 0 Å². The van der Waals surface area contributed by atoms with E-state index in [0.717, 1.165) is 5.56 Å². The molecule has 0 bridgehead atoms. The molecule has 2 aliphatic heterocycles. The molecule has 2 aliphatic rings. The Morgan fingerprint density at radius 3 is 2.12 bits per heavy atom. The van der Waals surface area contributed by atoms with E-state index in [1.165, 1.54) is 14.7 Å². The molecule has 266 valence electrons. The number of hydrogen-bond donors (Lipinski definition) is 2. The Morgan fingerprint density at radius 1 is 0.854 bits per heavy atom. The predicted molar refractivity (Wildman–Crippen MR) is 181 cm³/mol. The molecule has 48 heavy (non-hydrogen) atoms. The minimum Gasteiger partial charge on any atom is -0.461 e. The lowest BCUT2D eigenvalue weighted by Gasteiger charge is -2.38. The fourth-order valence-corrected chi connectivity index (χ4v) is 6.52. The molecule has 2 N–H and O–H groups in total. The molecule has 3 unspecified atom stereocenters. The van der Waals surface area contributed by atoms with Gasteiger partial charge in [-0.3, -0.25) is 28.8 Å². The third-order valence-corrected chi connectivity index (χ3v) is 9.27. The Kier molecular flexibility index (Phi) is 14.0. The van der Waals surface area contributed by atoms with Crippen LogP contribution in [0.2, 0.25) is 0 Å². The molecule has 0 aromatic heterocycles. The molecule has 0 aliphatic carbocycles. The van der Waals surface area contributed by atoms with E-state index in [1.807, 2.05) is 71.9 Å². The van der Waals surface area contributed by atoms with Crippen LogP contribution in [0.5, 0.6) is 0 Å². The van der Waals surface area contributed by atoms with Crippen molar-refractivity contribution >= 4 is 35.5 Å². The maximum absolute atomic E-state index is 14.3. The molecule has 0 saturated carbocycles. The molecule has 5 amide bonds. The largest absolute Gasteiger partial charge is 0.461 e. The van der Waals surface area contributed by atoms with Gasteiger partial charge in [0.1, 0.15) is 30.3 Å². The van der Waals surface area contributed by atoms with E-state index in [2.05, 4.69) is 10.6 Å². The van der Waals surface area contributed by atoms with E-state index < -0.39 is 59.9 Å². The van der Waals surface area contributed by atoms with Crippen molar-refractivity contribution in [1.29, 1.82) is 0 Å². The molecule has 2 heterocycles. The number of carbonyl (C=O) groups is 6. The van der Waals surface area contributed by atoms with Crippen LogP contribution < -0.4 is 10.6 Å². The second-order valence-electron chi connectivity index (χ2n) is 14.2. The molecule has 0 spiro atoms. The topological polar surface area (TPSA) is 145 Å². The van der Waals surface area contributed by atoms with Crippen molar-refractivity contribution in [1.82, 2.24) is 25.3 Å². The Hall–Kier alpha value is -3.96. The summed E-state index contributed by atoms with van der Waals surface area (Å²) in [6, 6.07) is 5.70. The second-order valence-corrected chi connectivity index (χ2v) is 14.2. The number of nitrogens with zero attached hydrogens (tertiary/aromatic N) is 3. The van der Waals surface area contributed by atoms with Gasteiger partial charge in [-0.2, -0.15) is 0 Å². The maximum atomic E-state index is 14.3. The SMILES string of the molecule is CC(C)CC1C(=O)NCCC(=O)OC(C(C)C)CC(=O)N2CCC[C@H]2C(=O)NC(Cc2ccccc2)C(=O)N(C)[C@@H](C(C)C)C(=O)N1C. The van der Waals surface area contributed by atoms with Gasteiger partial charge in [0, 0.05) is 33.6 Å². The van der Waals surface area contributed by atoms with Crippen LogP contribution in [0.15, 0.2) is 30.3 Å². The van der Waals surface area contributed by atoms with Crippen molar-refractivity contribution in [2.75, 3.05) is 27.2 Å². The highest BCUT2D eigenvalue weighted by molar-refractivity contribution is 5.96. The number of benzene rings is 1. The van der Waals surface area contributed by atoms with Crippen LogP contribution in [-0.2, 0) is 39.9 Å². The van der Waals surface area contributed by atoms with Gasteiger partial charge in [0.15, 0.2) is 0 Å². The van der Waals surface area contributed by atoms with Gasteiger partial charge in [-0.1, -0.05) is 71.9 Å². The van der Waals surface area contributed by atoms with Crippen LogP contribution in [0.25, 0.3) is 0 Å². The summed E-state index contributed by atoms with van der Waals surface area (Å²) in [5.41, 5.74) is 0.818. The fraction of sp³-hybridized carbons (Fsp3) is 0.667. The Bertz CT molecular complexity index is 1300. The standard InChI is InChI=1S/C36H55N5O7/c1-22(2)19-28-33(44)37-17-16-31(43)48-29(23(3)4)21-30(42)41-18-12-15-27(41)34(45)38-26(20-25-13-10-9-11-14-25)35(46)40(8)32(24(5)6)36(47)39(28)7/h9-11,13-14,22-24,26-29,32H,12,15-21H2,1-8H3,(H,37,44)(H,38,45)/t26?,27-,28?,29?,32-/m0/s1. The average molecular weight is 670 g/mol. The predicted octanol–water partition coefficient (Wildman–Crippen LogP) is 2.54. The van der Waals surface area contributed by atoms with E-state index in [1.54, 1.807) is 14.1 Å². The summed E-state index contributed by atoms with van der Waals surface area (Å²) < 4.78 is 5.70. The Balaban J connectivity index is 2.05. The summed E-state index contributed by atoms with van der Waals surface area (Å²) in [4.78, 5) is 86.5. The van der Waals surface area contributed by atoms with Gasteiger partial charge in [0.25, 0.3) is 0 Å². The zero-order valence-corrected chi connectivity index (χ0v) is 29.9. The van der Waals surface area contributed by atoms with Crippen LogP contribution in [0.4, 0.5) is 0 Å². The number of nitrogens with one attached hydrogen (secondary N) is 2. The van der Waals surface area contributed by atoms with Crippen molar-refractivity contribution in [2.45, 2.75) is 110 Å². The van der Waals surface area contributed by atoms with Crippen molar-refractivity contribution in [3.05, 3.63) is 35.9 Å². The zero-order valence-electron chi connectivity index (χ0n) is 29.9. The summed E-state index contributed by atoms with van der Waals surface area (Å²) in [5.74, 6) is -3.02. The minimum atomic E-state index is -1.02. The number of rotatable bonds is 6. The third-order valence-electron chi connectivity index (χ3n) is 9.27. The lowest BCUT2D eigenvalue weighted by molar-refractivity contribution is -0.155. The van der Waals surface area contributed by atoms with Gasteiger partial charge in [-0.15, -0.1) is 0 Å². The molecular weight excluding hydrogens is 614 g/mol. The van der Waals surface area contributed by atoms with Gasteiger partial charge < -0.3 is 30.1 Å². The molecule has 0 radical (unpaired) electrons. The van der Waals surface area contributed by atoms with E-state index in [0.29, 0.717) is 25.8 Å². The Labute approximate surface area is 285 Å². The molecule has 12 heteroatoms. The number of carbonyl (C=O) groups excluding carboxylic acids is 6. The molecule has 12 nitrogen and oxygen atoms in total. The number of cyclic esters (lactones) is 1. The van der Waals surface area contributed by atoms with Gasteiger partial charge in [0.2, 0.25) is 29.5 Å². The molecule has 1 aromatic carbocycles. The number of fused-ring (bicyclic) bond motifs is 1. The highest BCUT2D eigenvalue weighted by Gasteiger charge is 2.41. The third kappa shape index (κ3) is 10.0. The maximum Gasteiger partial charge on any atom is 0.307 e. The number of hydrogen-bond acceptors (Lipinski definition) is 7. The summed E-state index contributed by atoms with van der Waals surface area (Å²) in [6.45, 7) is 11.6. The lowest BCUT2D eigenvalue weighted by atomic mass is 9.96. The molecule has 2 saturated heterocycles. The number of likely N-dealkylation sites (N-methyl/N-ethyl adjacent to an activating group) is 2. The first kappa shape index (κ1) is 38.5. The second kappa shape index (κ2) is 17.4. The summed E-state index contributed by atoms with van der Waals surface area (Å²) in [6.07, 6.45) is 0.661. The van der Waals surface area contributed by atoms with Gasteiger partial charge in [-0.25, -0.2) is 0 Å². The molecule has 3 rings (SSSR count). The molecule has 5 atom stereocenters. The van der Waals surface area contributed by atoms with Gasteiger partial charge >= 0.3 is 5.97 Å². The normalized spacial score (nSPS) is 26.1. The average Bonchev–Trinajstić information content (AvgIpc) is 3.52. The quantitative estimate of drug-likeness (QED) is 0.443. The highest BCUT2D eigenvalue weighted by Crippen LogP contribution is 2.23. The van der Waals surface area contributed by atoms with Gasteiger partial charge in [-0.05, 0) is 42.6 Å². The van der Waals surface area contributed by atoms with Crippen molar-refractivity contribution in [3.8, 4) is 0 Å². The smallest absolute Gasteiger partial charge is 0.307 e. The van der Waals surface area contributed by atoms with Crippen LogP contribution in [-0.4, -0.2) is 108 Å². The first-order valence-electron chi connectivity index (χ1n) is 17.3. The number of esters is 1. The molecule has 1 aromatic rings. The minimum absolute atomic E-state index is 0.00537. The Morgan fingerprint density at radius 2 is 1.52 bits per heavy atom. The van der Waals surface area contributed by atoms with E-state index in [-0.39, 0.29) is 49.5 Å². The van der Waals surface area contributed by atoms with Crippen LogP contribution in [0.1, 0.15) is 79.2 Å². The fourth-order valence-electron chi connectivity index (χ4n) is 6.52. The molecular formula is C36H55N5O7. The summed E-state index contributed by atoms with van der Waals surface area (Å²) in [7, 11) is 3.11. The summed E-state index contributed by atoms with van der Waals surface area (Å²) in [5, 5.41) is 5.72. The lowest BCUT2D eigenvalue weighted by Crippen LogP contribution is -2.60. The first-order valence-corrected chi connectivity index (χ1v) is 17.3. The van der Waals surface area contributed by atoms with Crippen molar-refractivity contribution < 1.29 is 33.5 Å². The summed E-state index contributed by atoms with van der Waals surface area (Å²) >= 11 is 0. The molecule has 2 fully saturated rings. The van der Waals surface area contributed by atoms with Crippen LogP contribution in [0.3, 0.4) is 0 Å². The van der Waals surface area contributed by atoms with E-state index in [4.69, 9.17) is 4.74 Å². The number of amides is 5. The van der Waals surface area contributed by atoms with E-state index >= 15 is 0 Å². The van der Waals surface area contributed by atoms with Crippen LogP contribution in [0, 0.1) is 17.8 Å². The van der Waals surface area contributed by atoms with Crippen LogP contribution >= 0.6 is 0 Å². The monoisotopic (exact) mass is 669 g/mol. The number of ether oxygens (including phenoxy) is 1. The van der Waals surface area contributed by atoms with Crippen molar-refractivity contribution in [2.24, 2.45) is 17.8 Å². The highest BCUT2D eigenvalue weighted by atomic mass is 16.5.